The lowest BCUT2D eigenvalue weighted by atomic mass is 9.88. The minimum Gasteiger partial charge on any atom is -0.345 e. The van der Waals surface area contributed by atoms with Gasteiger partial charge >= 0.3 is 0 Å². The van der Waals surface area contributed by atoms with E-state index in [1.807, 2.05) is 48.5 Å². The van der Waals surface area contributed by atoms with Crippen LogP contribution in [0.2, 0.25) is 0 Å². The number of benzene rings is 3. The van der Waals surface area contributed by atoms with Gasteiger partial charge in [0.15, 0.2) is 5.78 Å². The van der Waals surface area contributed by atoms with E-state index in [4.69, 9.17) is 0 Å². The third-order valence-corrected chi connectivity index (χ3v) is 4.69. The molecule has 144 valence electrons. The molecule has 3 heteroatoms. The molecule has 0 radical (unpaired) electrons. The lowest BCUT2D eigenvalue weighted by Gasteiger charge is -2.17. The molecule has 0 unspecified atom stereocenters. The molecular formula is C26H23NO2. The van der Waals surface area contributed by atoms with Crippen molar-refractivity contribution in [3.63, 3.8) is 0 Å². The predicted molar refractivity (Wildman–Crippen MR) is 116 cm³/mol. The Morgan fingerprint density at radius 3 is 1.90 bits per heavy atom. The second-order valence-corrected chi connectivity index (χ2v) is 6.79. The summed E-state index contributed by atoms with van der Waals surface area (Å²) < 4.78 is 0. The second-order valence-electron chi connectivity index (χ2n) is 6.79. The molecule has 3 rings (SSSR count). The summed E-state index contributed by atoms with van der Waals surface area (Å²) in [4.78, 5) is 23.8. The van der Waals surface area contributed by atoms with Crippen molar-refractivity contribution in [1.29, 1.82) is 0 Å². The molecule has 0 aliphatic rings. The van der Waals surface area contributed by atoms with Gasteiger partial charge in [0, 0.05) is 23.5 Å². The van der Waals surface area contributed by atoms with Crippen molar-refractivity contribution in [1.82, 2.24) is 5.32 Å². The molecule has 0 saturated heterocycles. The standard InChI is InChI=1S/C26H23NO2/c1-20(28)22-16-14-21(15-17-22)9-8-18-27-26(29)19-25(23-10-4-2-5-11-23)24-12-6-3-7-13-24/h2-7,10-17,25H,18-19H2,1H3,(H,27,29). The Hall–Kier alpha value is -3.64. The highest BCUT2D eigenvalue weighted by Crippen LogP contribution is 2.27. The second kappa shape index (κ2) is 10.1. The molecule has 0 aliphatic carbocycles. The van der Waals surface area contributed by atoms with E-state index in [0.29, 0.717) is 12.0 Å². The van der Waals surface area contributed by atoms with E-state index < -0.39 is 0 Å². The Balaban J connectivity index is 1.60. The van der Waals surface area contributed by atoms with Crippen molar-refractivity contribution in [2.75, 3.05) is 6.54 Å². The topological polar surface area (TPSA) is 46.2 Å². The zero-order valence-corrected chi connectivity index (χ0v) is 16.4. The third kappa shape index (κ3) is 5.92. The molecule has 0 aromatic heterocycles. The van der Waals surface area contributed by atoms with E-state index >= 15 is 0 Å². The number of ketones is 1. The lowest BCUT2D eigenvalue weighted by molar-refractivity contribution is -0.121. The van der Waals surface area contributed by atoms with Gasteiger partial charge in [-0.25, -0.2) is 0 Å². The zero-order chi connectivity index (χ0) is 20.5. The van der Waals surface area contributed by atoms with Crippen LogP contribution >= 0.6 is 0 Å². The molecule has 0 fully saturated rings. The van der Waals surface area contributed by atoms with Crippen LogP contribution in [-0.4, -0.2) is 18.2 Å². The first kappa shape index (κ1) is 20.1. The maximum atomic E-state index is 12.5. The summed E-state index contributed by atoms with van der Waals surface area (Å²) in [5.74, 6) is 5.97. The van der Waals surface area contributed by atoms with Crippen LogP contribution in [0.15, 0.2) is 84.9 Å². The molecule has 29 heavy (non-hydrogen) atoms. The Labute approximate surface area is 171 Å². The maximum absolute atomic E-state index is 12.5. The number of carbonyl (C=O) groups is 2. The van der Waals surface area contributed by atoms with E-state index in [2.05, 4.69) is 41.4 Å². The van der Waals surface area contributed by atoms with E-state index in [1.54, 1.807) is 12.1 Å². The molecule has 1 N–H and O–H groups in total. The molecule has 0 bridgehead atoms. The minimum absolute atomic E-state index is 0.00415. The Morgan fingerprint density at radius 1 is 0.828 bits per heavy atom. The highest BCUT2D eigenvalue weighted by atomic mass is 16.1. The Bertz CT molecular complexity index is 974. The first-order valence-corrected chi connectivity index (χ1v) is 9.60. The summed E-state index contributed by atoms with van der Waals surface area (Å²) in [6, 6.07) is 27.3. The Kier molecular flexibility index (Phi) is 6.97. The minimum atomic E-state index is -0.0380. The summed E-state index contributed by atoms with van der Waals surface area (Å²) in [5, 5.41) is 2.89. The number of hydrogen-bond donors (Lipinski definition) is 1. The monoisotopic (exact) mass is 381 g/mol. The van der Waals surface area contributed by atoms with Gasteiger partial charge < -0.3 is 5.32 Å². The van der Waals surface area contributed by atoms with E-state index in [9.17, 15) is 9.59 Å². The summed E-state index contributed by atoms with van der Waals surface area (Å²) in [7, 11) is 0. The van der Waals surface area contributed by atoms with Crippen LogP contribution in [0.3, 0.4) is 0 Å². The fraction of sp³-hybridized carbons (Fsp3) is 0.154. The lowest BCUT2D eigenvalue weighted by Crippen LogP contribution is -2.25. The summed E-state index contributed by atoms with van der Waals surface area (Å²) in [6.07, 6.45) is 0.364. The molecular weight excluding hydrogens is 358 g/mol. The summed E-state index contributed by atoms with van der Waals surface area (Å²) in [6.45, 7) is 1.82. The SMILES string of the molecule is CC(=O)c1ccc(C#CCNC(=O)CC(c2ccccc2)c2ccccc2)cc1. The average Bonchev–Trinajstić information content (AvgIpc) is 2.76. The van der Waals surface area contributed by atoms with Crippen molar-refractivity contribution in [2.24, 2.45) is 0 Å². The van der Waals surface area contributed by atoms with Gasteiger partial charge in [-0.3, -0.25) is 9.59 Å². The fourth-order valence-electron chi connectivity index (χ4n) is 3.13. The largest absolute Gasteiger partial charge is 0.345 e. The van der Waals surface area contributed by atoms with Crippen molar-refractivity contribution >= 4 is 11.7 Å². The summed E-state index contributed by atoms with van der Waals surface area (Å²) >= 11 is 0. The number of amides is 1. The van der Waals surface area contributed by atoms with Crippen molar-refractivity contribution in [3.05, 3.63) is 107 Å². The van der Waals surface area contributed by atoms with Crippen molar-refractivity contribution < 1.29 is 9.59 Å². The van der Waals surface area contributed by atoms with Crippen LogP contribution in [0.4, 0.5) is 0 Å². The number of carbonyl (C=O) groups excluding carboxylic acids is 2. The molecule has 0 aliphatic heterocycles. The first-order valence-electron chi connectivity index (χ1n) is 9.60. The van der Waals surface area contributed by atoms with E-state index in [1.165, 1.54) is 6.92 Å². The van der Waals surface area contributed by atoms with Gasteiger partial charge in [0.1, 0.15) is 0 Å². The summed E-state index contributed by atoms with van der Waals surface area (Å²) in [5.41, 5.74) is 3.71. The van der Waals surface area contributed by atoms with Crippen LogP contribution in [0.5, 0.6) is 0 Å². The molecule has 0 saturated carbocycles. The molecule has 3 aromatic carbocycles. The van der Waals surface area contributed by atoms with Crippen LogP contribution < -0.4 is 5.32 Å². The van der Waals surface area contributed by atoms with E-state index in [-0.39, 0.29) is 24.2 Å². The van der Waals surface area contributed by atoms with Gasteiger partial charge in [-0.15, -0.1) is 0 Å². The van der Waals surface area contributed by atoms with Crippen molar-refractivity contribution in [2.45, 2.75) is 19.3 Å². The normalized spacial score (nSPS) is 10.1. The number of Topliss-reactive ketones (excluding diaryl/α,β-unsaturated/α-hetero) is 1. The zero-order valence-electron chi connectivity index (χ0n) is 16.4. The molecule has 3 aromatic rings. The van der Waals surface area contributed by atoms with Gasteiger partial charge in [0.25, 0.3) is 0 Å². The fourth-order valence-corrected chi connectivity index (χ4v) is 3.13. The van der Waals surface area contributed by atoms with Gasteiger partial charge in [-0.1, -0.05) is 84.6 Å². The van der Waals surface area contributed by atoms with Crippen LogP contribution in [0, 0.1) is 11.8 Å². The van der Waals surface area contributed by atoms with Gasteiger partial charge in [-0.05, 0) is 30.2 Å². The first-order chi connectivity index (χ1) is 14.1. The molecule has 0 spiro atoms. The van der Waals surface area contributed by atoms with Crippen LogP contribution in [-0.2, 0) is 4.79 Å². The molecule has 1 amide bonds. The third-order valence-electron chi connectivity index (χ3n) is 4.69. The van der Waals surface area contributed by atoms with Gasteiger partial charge in [0.05, 0.1) is 6.54 Å². The highest BCUT2D eigenvalue weighted by Gasteiger charge is 2.17. The number of nitrogens with one attached hydrogen (secondary N) is 1. The smallest absolute Gasteiger partial charge is 0.221 e. The average molecular weight is 381 g/mol. The molecule has 0 heterocycles. The van der Waals surface area contributed by atoms with Crippen LogP contribution in [0.1, 0.15) is 46.3 Å². The number of rotatable bonds is 6. The van der Waals surface area contributed by atoms with Crippen molar-refractivity contribution in [3.8, 4) is 11.8 Å². The quantitative estimate of drug-likeness (QED) is 0.502. The van der Waals surface area contributed by atoms with E-state index in [0.717, 1.165) is 16.7 Å². The molecule has 3 nitrogen and oxygen atoms in total. The molecule has 0 atom stereocenters. The van der Waals surface area contributed by atoms with Gasteiger partial charge in [-0.2, -0.15) is 0 Å². The highest BCUT2D eigenvalue weighted by molar-refractivity contribution is 5.94. The maximum Gasteiger partial charge on any atom is 0.221 e. The Morgan fingerprint density at radius 2 is 1.38 bits per heavy atom. The number of hydrogen-bond acceptors (Lipinski definition) is 2. The predicted octanol–water partition coefficient (Wildman–Crippen LogP) is 4.58. The van der Waals surface area contributed by atoms with Crippen LogP contribution in [0.25, 0.3) is 0 Å². The van der Waals surface area contributed by atoms with Gasteiger partial charge in [0.2, 0.25) is 5.91 Å².